The fourth-order valence-corrected chi connectivity index (χ4v) is 2.47. The summed E-state index contributed by atoms with van der Waals surface area (Å²) in [6.07, 6.45) is 1.50. The Labute approximate surface area is 107 Å². The van der Waals surface area contributed by atoms with E-state index in [1.165, 1.54) is 17.6 Å². The SMILES string of the molecule is Cc1occc(=Nc2nc3ccccc3s2)c1O. The first-order chi connectivity index (χ1) is 8.74. The highest BCUT2D eigenvalue weighted by molar-refractivity contribution is 7.21. The molecule has 0 spiro atoms. The molecule has 0 aliphatic rings. The van der Waals surface area contributed by atoms with Gasteiger partial charge in [0.25, 0.3) is 0 Å². The van der Waals surface area contributed by atoms with Crippen LogP contribution in [0.15, 0.2) is 46.0 Å². The molecule has 0 unspecified atom stereocenters. The van der Waals surface area contributed by atoms with Gasteiger partial charge < -0.3 is 9.52 Å². The van der Waals surface area contributed by atoms with E-state index in [1.807, 2.05) is 24.3 Å². The van der Waals surface area contributed by atoms with Crippen LogP contribution in [0.25, 0.3) is 10.2 Å². The molecule has 3 rings (SSSR count). The van der Waals surface area contributed by atoms with Crippen molar-refractivity contribution >= 4 is 26.7 Å². The zero-order valence-electron chi connectivity index (χ0n) is 9.62. The van der Waals surface area contributed by atoms with Crippen LogP contribution >= 0.6 is 11.3 Å². The number of aryl methyl sites for hydroxylation is 1. The van der Waals surface area contributed by atoms with Crippen molar-refractivity contribution in [2.45, 2.75) is 6.92 Å². The van der Waals surface area contributed by atoms with Gasteiger partial charge in [-0.3, -0.25) is 0 Å². The number of rotatable bonds is 1. The summed E-state index contributed by atoms with van der Waals surface area (Å²) in [6.45, 7) is 1.69. The minimum absolute atomic E-state index is 0.0526. The molecule has 1 N–H and O–H groups in total. The Bertz CT molecular complexity index is 741. The van der Waals surface area contributed by atoms with Crippen LogP contribution in [0.2, 0.25) is 0 Å². The molecule has 0 saturated carbocycles. The zero-order chi connectivity index (χ0) is 12.5. The molecule has 90 valence electrons. The molecule has 0 aliphatic carbocycles. The van der Waals surface area contributed by atoms with Gasteiger partial charge in [-0.15, -0.1) is 0 Å². The molecule has 4 nitrogen and oxygen atoms in total. The van der Waals surface area contributed by atoms with Crippen LogP contribution in [0.1, 0.15) is 5.76 Å². The Hall–Kier alpha value is -2.14. The number of fused-ring (bicyclic) bond motifs is 1. The lowest BCUT2D eigenvalue weighted by Crippen LogP contribution is -2.00. The lowest BCUT2D eigenvalue weighted by Gasteiger charge is -1.95. The average Bonchev–Trinajstić information content (AvgIpc) is 2.77. The number of hydrogen-bond donors (Lipinski definition) is 1. The Morgan fingerprint density at radius 2 is 2.11 bits per heavy atom. The van der Waals surface area contributed by atoms with Gasteiger partial charge in [0.2, 0.25) is 5.13 Å². The summed E-state index contributed by atoms with van der Waals surface area (Å²) in [7, 11) is 0. The second-order valence-corrected chi connectivity index (χ2v) is 4.80. The summed E-state index contributed by atoms with van der Waals surface area (Å²) < 4.78 is 6.15. The minimum atomic E-state index is 0.0526. The van der Waals surface area contributed by atoms with Gasteiger partial charge in [0.1, 0.15) is 11.1 Å². The fourth-order valence-electron chi connectivity index (χ4n) is 1.62. The van der Waals surface area contributed by atoms with Crippen LogP contribution in [0, 0.1) is 6.92 Å². The summed E-state index contributed by atoms with van der Waals surface area (Å²) in [5.74, 6) is 0.495. The van der Waals surface area contributed by atoms with Crippen molar-refractivity contribution in [3.8, 4) is 5.75 Å². The van der Waals surface area contributed by atoms with Crippen molar-refractivity contribution in [1.29, 1.82) is 0 Å². The normalized spacial score (nSPS) is 12.2. The molecule has 0 bridgehead atoms. The largest absolute Gasteiger partial charge is 0.503 e. The molecular formula is C13H10N2O2S. The van der Waals surface area contributed by atoms with Crippen molar-refractivity contribution in [1.82, 2.24) is 4.98 Å². The highest BCUT2D eigenvalue weighted by atomic mass is 32.1. The van der Waals surface area contributed by atoms with Crippen molar-refractivity contribution < 1.29 is 9.52 Å². The lowest BCUT2D eigenvalue weighted by molar-refractivity contribution is 0.410. The van der Waals surface area contributed by atoms with E-state index in [0.717, 1.165) is 10.2 Å². The maximum atomic E-state index is 9.82. The maximum Gasteiger partial charge on any atom is 0.210 e. The van der Waals surface area contributed by atoms with Crippen LogP contribution in [0.3, 0.4) is 0 Å². The van der Waals surface area contributed by atoms with E-state index >= 15 is 0 Å². The van der Waals surface area contributed by atoms with Gasteiger partial charge in [-0.2, -0.15) is 0 Å². The second kappa shape index (κ2) is 4.27. The lowest BCUT2D eigenvalue weighted by atomic mass is 10.3. The molecule has 0 saturated heterocycles. The van der Waals surface area contributed by atoms with E-state index in [4.69, 9.17) is 4.42 Å². The molecule has 5 heteroatoms. The quantitative estimate of drug-likeness (QED) is 0.729. The molecule has 2 aromatic heterocycles. The molecular weight excluding hydrogens is 248 g/mol. The number of aromatic hydroxyl groups is 1. The summed E-state index contributed by atoms with van der Waals surface area (Å²) in [4.78, 5) is 8.73. The van der Waals surface area contributed by atoms with E-state index in [2.05, 4.69) is 9.98 Å². The summed E-state index contributed by atoms with van der Waals surface area (Å²) >= 11 is 1.49. The van der Waals surface area contributed by atoms with Crippen LogP contribution in [0.4, 0.5) is 5.13 Å². The van der Waals surface area contributed by atoms with E-state index in [0.29, 0.717) is 16.2 Å². The topological polar surface area (TPSA) is 58.6 Å². The Balaban J connectivity index is 2.18. The summed E-state index contributed by atoms with van der Waals surface area (Å²) in [5, 5.41) is 10.9. The first kappa shape index (κ1) is 11.0. The first-order valence-corrected chi connectivity index (χ1v) is 6.23. The van der Waals surface area contributed by atoms with Crippen LogP contribution in [0.5, 0.6) is 5.75 Å². The minimum Gasteiger partial charge on any atom is -0.503 e. The maximum absolute atomic E-state index is 9.82. The van der Waals surface area contributed by atoms with Gasteiger partial charge in [0, 0.05) is 6.07 Å². The highest BCUT2D eigenvalue weighted by Gasteiger charge is 2.04. The van der Waals surface area contributed by atoms with Gasteiger partial charge in [0.15, 0.2) is 5.75 Å². The molecule has 3 aromatic rings. The predicted molar refractivity (Wildman–Crippen MR) is 70.0 cm³/mol. The van der Waals surface area contributed by atoms with Gasteiger partial charge in [0.05, 0.1) is 16.5 Å². The molecule has 2 heterocycles. The predicted octanol–water partition coefficient (Wildman–Crippen LogP) is 3.14. The molecule has 0 radical (unpaired) electrons. The van der Waals surface area contributed by atoms with Crippen LogP contribution in [-0.4, -0.2) is 10.1 Å². The van der Waals surface area contributed by atoms with E-state index in [9.17, 15) is 5.11 Å². The zero-order valence-corrected chi connectivity index (χ0v) is 10.4. The molecule has 0 fully saturated rings. The Morgan fingerprint density at radius 1 is 1.28 bits per heavy atom. The third-order valence-electron chi connectivity index (χ3n) is 2.55. The van der Waals surface area contributed by atoms with Crippen LogP contribution in [-0.2, 0) is 0 Å². The van der Waals surface area contributed by atoms with Gasteiger partial charge in [-0.05, 0) is 19.1 Å². The van der Waals surface area contributed by atoms with Crippen molar-refractivity contribution in [3.63, 3.8) is 0 Å². The van der Waals surface area contributed by atoms with E-state index in [1.54, 1.807) is 13.0 Å². The Kier molecular flexibility index (Phi) is 2.60. The van der Waals surface area contributed by atoms with Crippen molar-refractivity contribution in [2.75, 3.05) is 0 Å². The van der Waals surface area contributed by atoms with E-state index in [-0.39, 0.29) is 5.75 Å². The standard InChI is InChI=1S/C13H10N2O2S/c1-8-12(16)10(6-7-17-8)15-13-14-9-4-2-3-5-11(9)18-13/h2-7,16H,1H3. The Morgan fingerprint density at radius 3 is 2.94 bits per heavy atom. The van der Waals surface area contributed by atoms with Crippen molar-refractivity contribution in [2.24, 2.45) is 4.99 Å². The highest BCUT2D eigenvalue weighted by Crippen LogP contribution is 2.27. The number of aromatic nitrogens is 1. The molecule has 0 atom stereocenters. The molecule has 18 heavy (non-hydrogen) atoms. The van der Waals surface area contributed by atoms with Crippen molar-refractivity contribution in [3.05, 3.63) is 47.7 Å². The smallest absolute Gasteiger partial charge is 0.210 e. The van der Waals surface area contributed by atoms with Gasteiger partial charge in [-0.25, -0.2) is 9.98 Å². The number of thiazole rings is 1. The molecule has 0 amide bonds. The fraction of sp³-hybridized carbons (Fsp3) is 0.0769. The van der Waals surface area contributed by atoms with Gasteiger partial charge >= 0.3 is 0 Å². The van der Waals surface area contributed by atoms with Gasteiger partial charge in [-0.1, -0.05) is 23.5 Å². The number of benzene rings is 1. The second-order valence-electron chi connectivity index (χ2n) is 3.79. The molecule has 1 aromatic carbocycles. The third kappa shape index (κ3) is 1.89. The first-order valence-electron chi connectivity index (χ1n) is 5.42. The average molecular weight is 258 g/mol. The summed E-state index contributed by atoms with van der Waals surface area (Å²) in [5.41, 5.74) is 0.915. The number of para-hydroxylation sites is 1. The van der Waals surface area contributed by atoms with E-state index < -0.39 is 0 Å². The van der Waals surface area contributed by atoms with Crippen LogP contribution < -0.4 is 5.36 Å². The number of hydrogen-bond acceptors (Lipinski definition) is 5. The summed E-state index contributed by atoms with van der Waals surface area (Å²) in [6, 6.07) is 9.46. The monoisotopic (exact) mass is 258 g/mol. The molecule has 0 aliphatic heterocycles. The number of nitrogens with zero attached hydrogens (tertiary/aromatic N) is 2. The third-order valence-corrected chi connectivity index (χ3v) is 3.48.